The van der Waals surface area contributed by atoms with E-state index in [1.54, 1.807) is 6.92 Å². The van der Waals surface area contributed by atoms with Gasteiger partial charge in [0.1, 0.15) is 12.4 Å². The third-order valence-corrected chi connectivity index (χ3v) is 4.48. The first-order valence-electron chi connectivity index (χ1n) is 5.56. The lowest BCUT2D eigenvalue weighted by Crippen LogP contribution is -2.32. The normalized spacial score (nSPS) is 11.5. The van der Waals surface area contributed by atoms with Crippen LogP contribution in [-0.4, -0.2) is 25.8 Å². The Morgan fingerprint density at radius 3 is 2.67 bits per heavy atom. The zero-order valence-electron chi connectivity index (χ0n) is 10.4. The van der Waals surface area contributed by atoms with Crippen LogP contribution < -0.4 is 0 Å². The third-order valence-electron chi connectivity index (χ3n) is 2.49. The number of sulfonamides is 1. The largest absolute Gasteiger partial charge is 0.244 e. The minimum Gasteiger partial charge on any atom is -0.207 e. The van der Waals surface area contributed by atoms with Gasteiger partial charge in [-0.3, -0.25) is 0 Å². The molecule has 0 radical (unpaired) electrons. The Labute approximate surface area is 107 Å². The number of hydrogen-bond donors (Lipinski definition) is 0. The SMILES string of the molecule is CCCN(CC#N)S(=O)(=O)c1cc(F)ccc1C. The van der Waals surface area contributed by atoms with Gasteiger partial charge in [0, 0.05) is 6.54 Å². The number of benzene rings is 1. The molecule has 0 atom stereocenters. The van der Waals surface area contributed by atoms with Gasteiger partial charge in [-0.05, 0) is 31.0 Å². The van der Waals surface area contributed by atoms with E-state index in [1.807, 2.05) is 13.0 Å². The van der Waals surface area contributed by atoms with Crippen LogP contribution in [0.4, 0.5) is 4.39 Å². The summed E-state index contributed by atoms with van der Waals surface area (Å²) in [5.74, 6) is -0.604. The van der Waals surface area contributed by atoms with Crippen molar-refractivity contribution in [1.29, 1.82) is 5.26 Å². The molecule has 0 aliphatic rings. The van der Waals surface area contributed by atoms with Gasteiger partial charge in [-0.2, -0.15) is 9.57 Å². The van der Waals surface area contributed by atoms with E-state index >= 15 is 0 Å². The Hall–Kier alpha value is -1.45. The molecule has 0 saturated heterocycles. The van der Waals surface area contributed by atoms with Gasteiger partial charge in [0.15, 0.2) is 0 Å². The Kier molecular flexibility index (Phi) is 4.82. The van der Waals surface area contributed by atoms with Crippen molar-refractivity contribution in [1.82, 2.24) is 4.31 Å². The van der Waals surface area contributed by atoms with E-state index in [0.717, 1.165) is 10.4 Å². The van der Waals surface area contributed by atoms with E-state index in [9.17, 15) is 12.8 Å². The summed E-state index contributed by atoms with van der Waals surface area (Å²) in [5, 5.41) is 8.67. The van der Waals surface area contributed by atoms with Crippen molar-refractivity contribution in [3.05, 3.63) is 29.6 Å². The minimum atomic E-state index is -3.81. The molecule has 1 rings (SSSR count). The molecular weight excluding hydrogens is 255 g/mol. The molecule has 0 bridgehead atoms. The highest BCUT2D eigenvalue weighted by molar-refractivity contribution is 7.89. The standard InChI is InChI=1S/C12H15FN2O2S/c1-3-7-15(8-6-14)18(16,17)12-9-11(13)5-4-10(12)2/h4-5,9H,3,7-8H2,1-2H3. The number of aryl methyl sites for hydroxylation is 1. The fourth-order valence-corrected chi connectivity index (χ4v) is 3.27. The first-order chi connectivity index (χ1) is 8.43. The van der Waals surface area contributed by atoms with E-state index in [4.69, 9.17) is 5.26 Å². The summed E-state index contributed by atoms with van der Waals surface area (Å²) in [6.45, 7) is 3.43. The van der Waals surface area contributed by atoms with Crippen LogP contribution in [-0.2, 0) is 10.0 Å². The molecule has 1 aromatic carbocycles. The lowest BCUT2D eigenvalue weighted by Gasteiger charge is -2.19. The number of nitrogens with zero attached hydrogens (tertiary/aromatic N) is 2. The third kappa shape index (κ3) is 3.06. The second-order valence-corrected chi connectivity index (χ2v) is 5.81. The van der Waals surface area contributed by atoms with Crippen LogP contribution in [0.1, 0.15) is 18.9 Å². The molecular formula is C12H15FN2O2S. The quantitative estimate of drug-likeness (QED) is 0.769. The van der Waals surface area contributed by atoms with Crippen molar-refractivity contribution < 1.29 is 12.8 Å². The van der Waals surface area contributed by atoms with Gasteiger partial charge in [-0.15, -0.1) is 0 Å². The average molecular weight is 270 g/mol. The summed E-state index contributed by atoms with van der Waals surface area (Å²) in [5.41, 5.74) is 0.468. The maximum Gasteiger partial charge on any atom is 0.244 e. The molecule has 98 valence electrons. The van der Waals surface area contributed by atoms with Crippen molar-refractivity contribution in [2.24, 2.45) is 0 Å². The van der Waals surface area contributed by atoms with E-state index < -0.39 is 15.8 Å². The zero-order chi connectivity index (χ0) is 13.8. The highest BCUT2D eigenvalue weighted by atomic mass is 32.2. The Bertz CT molecular complexity index is 564. The van der Waals surface area contributed by atoms with Crippen molar-refractivity contribution in [2.75, 3.05) is 13.1 Å². The number of halogens is 1. The number of rotatable bonds is 5. The van der Waals surface area contributed by atoms with Crippen molar-refractivity contribution >= 4 is 10.0 Å². The summed E-state index contributed by atoms with van der Waals surface area (Å²) in [6.07, 6.45) is 0.593. The molecule has 0 heterocycles. The van der Waals surface area contributed by atoms with Crippen LogP contribution in [0.5, 0.6) is 0 Å². The molecule has 18 heavy (non-hydrogen) atoms. The van der Waals surface area contributed by atoms with E-state index in [1.165, 1.54) is 12.1 Å². The fourth-order valence-electron chi connectivity index (χ4n) is 1.60. The van der Waals surface area contributed by atoms with Crippen molar-refractivity contribution in [2.45, 2.75) is 25.2 Å². The summed E-state index contributed by atoms with van der Waals surface area (Å²) < 4.78 is 38.8. The Morgan fingerprint density at radius 2 is 2.11 bits per heavy atom. The predicted molar refractivity (Wildman–Crippen MR) is 65.8 cm³/mol. The van der Waals surface area contributed by atoms with Crippen LogP contribution in [0.25, 0.3) is 0 Å². The highest BCUT2D eigenvalue weighted by Gasteiger charge is 2.25. The first-order valence-corrected chi connectivity index (χ1v) is 7.00. The van der Waals surface area contributed by atoms with Crippen LogP contribution >= 0.6 is 0 Å². The Morgan fingerprint density at radius 1 is 1.44 bits per heavy atom. The highest BCUT2D eigenvalue weighted by Crippen LogP contribution is 2.20. The van der Waals surface area contributed by atoms with Gasteiger partial charge in [0.2, 0.25) is 10.0 Å². The molecule has 0 saturated carbocycles. The molecule has 0 aromatic heterocycles. The van der Waals surface area contributed by atoms with Gasteiger partial charge in [0.05, 0.1) is 11.0 Å². The summed E-state index contributed by atoms with van der Waals surface area (Å²) in [6, 6.07) is 5.43. The van der Waals surface area contributed by atoms with Gasteiger partial charge >= 0.3 is 0 Å². The van der Waals surface area contributed by atoms with E-state index in [0.29, 0.717) is 12.0 Å². The summed E-state index contributed by atoms with van der Waals surface area (Å²) >= 11 is 0. The van der Waals surface area contributed by atoms with Crippen molar-refractivity contribution in [3.63, 3.8) is 0 Å². The lowest BCUT2D eigenvalue weighted by molar-refractivity contribution is 0.443. The molecule has 1 aromatic rings. The van der Waals surface area contributed by atoms with Gasteiger partial charge in [-0.25, -0.2) is 12.8 Å². The lowest BCUT2D eigenvalue weighted by atomic mass is 10.2. The fraction of sp³-hybridized carbons (Fsp3) is 0.417. The molecule has 0 fully saturated rings. The molecule has 0 aliphatic carbocycles. The second-order valence-electron chi connectivity index (χ2n) is 3.91. The van der Waals surface area contributed by atoms with Crippen LogP contribution in [0.3, 0.4) is 0 Å². The van der Waals surface area contributed by atoms with E-state index in [2.05, 4.69) is 0 Å². The predicted octanol–water partition coefficient (Wildman–Crippen LogP) is 2.06. The molecule has 6 heteroatoms. The Balaban J connectivity index is 3.26. The second kappa shape index (κ2) is 5.94. The molecule has 4 nitrogen and oxygen atoms in total. The van der Waals surface area contributed by atoms with E-state index in [-0.39, 0.29) is 18.0 Å². The maximum atomic E-state index is 13.2. The van der Waals surface area contributed by atoms with Crippen LogP contribution in [0.2, 0.25) is 0 Å². The monoisotopic (exact) mass is 270 g/mol. The smallest absolute Gasteiger partial charge is 0.207 e. The van der Waals surface area contributed by atoms with Crippen molar-refractivity contribution in [3.8, 4) is 6.07 Å². The van der Waals surface area contributed by atoms with Gasteiger partial charge in [0.25, 0.3) is 0 Å². The molecule has 0 unspecified atom stereocenters. The number of nitriles is 1. The van der Waals surface area contributed by atoms with Crippen LogP contribution in [0.15, 0.2) is 23.1 Å². The average Bonchev–Trinajstić information content (AvgIpc) is 2.32. The molecule has 0 aliphatic heterocycles. The molecule has 0 spiro atoms. The maximum absolute atomic E-state index is 13.2. The van der Waals surface area contributed by atoms with Gasteiger partial charge < -0.3 is 0 Å². The zero-order valence-corrected chi connectivity index (χ0v) is 11.2. The van der Waals surface area contributed by atoms with Crippen LogP contribution in [0, 0.1) is 24.1 Å². The topological polar surface area (TPSA) is 61.2 Å². The molecule has 0 amide bonds. The first kappa shape index (κ1) is 14.6. The number of hydrogen-bond acceptors (Lipinski definition) is 3. The molecule has 0 N–H and O–H groups in total. The minimum absolute atomic E-state index is 0.0776. The summed E-state index contributed by atoms with van der Waals surface area (Å²) in [4.78, 5) is -0.0776. The van der Waals surface area contributed by atoms with Gasteiger partial charge in [-0.1, -0.05) is 13.0 Å². The summed E-state index contributed by atoms with van der Waals surface area (Å²) in [7, 11) is -3.81.